The Bertz CT molecular complexity index is 934. The largest absolute Gasteiger partial charge is 0.367 e. The fourth-order valence-corrected chi connectivity index (χ4v) is 2.65. The molecular formula is C17H17ClN4O. The monoisotopic (exact) mass is 328 g/mol. The molecule has 0 saturated heterocycles. The number of aryl methyl sites for hydroxylation is 1. The minimum absolute atomic E-state index is 0.155. The Morgan fingerprint density at radius 2 is 1.87 bits per heavy atom. The molecule has 0 aliphatic rings. The van der Waals surface area contributed by atoms with E-state index in [1.165, 1.54) is 4.57 Å². The van der Waals surface area contributed by atoms with Crippen molar-refractivity contribution in [1.29, 1.82) is 0 Å². The molecule has 5 nitrogen and oxygen atoms in total. The average Bonchev–Trinajstić information content (AvgIpc) is 2.48. The van der Waals surface area contributed by atoms with Crippen LogP contribution in [0.3, 0.4) is 0 Å². The summed E-state index contributed by atoms with van der Waals surface area (Å²) >= 11 is 6.26. The second-order valence-corrected chi connectivity index (χ2v) is 6.06. The Balaban J connectivity index is 2.40. The lowest BCUT2D eigenvalue weighted by molar-refractivity contribution is 0.872. The summed E-state index contributed by atoms with van der Waals surface area (Å²) in [6.07, 6.45) is 0. The van der Waals surface area contributed by atoms with Crippen LogP contribution in [0.5, 0.6) is 0 Å². The molecule has 3 aromatic rings. The van der Waals surface area contributed by atoms with Crippen molar-refractivity contribution >= 4 is 28.5 Å². The molecule has 1 aromatic carbocycles. The zero-order chi connectivity index (χ0) is 16.6. The van der Waals surface area contributed by atoms with Crippen molar-refractivity contribution in [2.45, 2.75) is 26.8 Å². The van der Waals surface area contributed by atoms with Crippen LogP contribution in [0.2, 0.25) is 5.02 Å². The molecule has 1 N–H and O–H groups in total. The van der Waals surface area contributed by atoms with Crippen molar-refractivity contribution < 1.29 is 0 Å². The molecule has 3 rings (SSSR count). The molecule has 2 heterocycles. The van der Waals surface area contributed by atoms with Gasteiger partial charge in [0.2, 0.25) is 0 Å². The van der Waals surface area contributed by atoms with Gasteiger partial charge in [0.1, 0.15) is 5.82 Å². The number of pyridine rings is 1. The number of aromatic nitrogens is 3. The topological polar surface area (TPSA) is 59.8 Å². The third kappa shape index (κ3) is 2.92. The Hall–Kier alpha value is -2.40. The van der Waals surface area contributed by atoms with Gasteiger partial charge in [-0.2, -0.15) is 4.98 Å². The maximum absolute atomic E-state index is 12.6. The Morgan fingerprint density at radius 3 is 2.57 bits per heavy atom. The minimum Gasteiger partial charge on any atom is -0.367 e. The zero-order valence-electron chi connectivity index (χ0n) is 13.2. The van der Waals surface area contributed by atoms with Gasteiger partial charge in [-0.25, -0.2) is 14.3 Å². The number of hydrogen-bond acceptors (Lipinski definition) is 4. The van der Waals surface area contributed by atoms with Crippen LogP contribution in [0, 0.1) is 6.92 Å². The van der Waals surface area contributed by atoms with Gasteiger partial charge in [0, 0.05) is 11.7 Å². The molecule has 0 fully saturated rings. The highest BCUT2D eigenvalue weighted by molar-refractivity contribution is 6.32. The third-order valence-corrected chi connectivity index (χ3v) is 3.72. The molecule has 6 heteroatoms. The Morgan fingerprint density at radius 1 is 1.13 bits per heavy atom. The smallest absolute Gasteiger partial charge is 0.355 e. The summed E-state index contributed by atoms with van der Waals surface area (Å²) < 4.78 is 1.45. The summed E-state index contributed by atoms with van der Waals surface area (Å²) in [5, 5.41) is 4.46. The maximum Gasteiger partial charge on any atom is 0.355 e. The number of para-hydroxylation sites is 1. The molecule has 0 amide bonds. The maximum atomic E-state index is 12.6. The van der Waals surface area contributed by atoms with Crippen molar-refractivity contribution in [3.8, 4) is 5.69 Å². The first-order chi connectivity index (χ1) is 11.0. The summed E-state index contributed by atoms with van der Waals surface area (Å²) in [7, 11) is 0. The summed E-state index contributed by atoms with van der Waals surface area (Å²) in [5.74, 6) is 0.538. The van der Waals surface area contributed by atoms with E-state index >= 15 is 0 Å². The number of benzene rings is 1. The molecule has 23 heavy (non-hydrogen) atoms. The fourth-order valence-electron chi connectivity index (χ4n) is 2.43. The number of hydrogen-bond donors (Lipinski definition) is 1. The van der Waals surface area contributed by atoms with E-state index in [9.17, 15) is 4.79 Å². The van der Waals surface area contributed by atoms with Gasteiger partial charge in [-0.15, -0.1) is 0 Å². The molecular weight excluding hydrogens is 312 g/mol. The number of nitrogens with one attached hydrogen (secondary N) is 1. The van der Waals surface area contributed by atoms with Gasteiger partial charge in [-0.1, -0.05) is 23.7 Å². The van der Waals surface area contributed by atoms with E-state index in [1.54, 1.807) is 12.1 Å². The van der Waals surface area contributed by atoms with Gasteiger partial charge < -0.3 is 5.32 Å². The molecule has 0 radical (unpaired) electrons. The Labute approximate surface area is 139 Å². The first-order valence-electron chi connectivity index (χ1n) is 7.39. The number of halogens is 1. The van der Waals surface area contributed by atoms with Crippen molar-refractivity contribution in [3.05, 3.63) is 57.6 Å². The lowest BCUT2D eigenvalue weighted by Gasteiger charge is -2.15. The average molecular weight is 329 g/mol. The molecule has 118 valence electrons. The van der Waals surface area contributed by atoms with E-state index in [1.807, 2.05) is 45.0 Å². The summed E-state index contributed by atoms with van der Waals surface area (Å²) in [4.78, 5) is 21.3. The summed E-state index contributed by atoms with van der Waals surface area (Å²) in [6, 6.07) is 11.1. The lowest BCUT2D eigenvalue weighted by atomic mass is 10.2. The van der Waals surface area contributed by atoms with Crippen molar-refractivity contribution in [1.82, 2.24) is 14.5 Å². The second-order valence-electron chi connectivity index (χ2n) is 5.65. The highest BCUT2D eigenvalue weighted by atomic mass is 35.5. The van der Waals surface area contributed by atoms with Crippen LogP contribution in [-0.2, 0) is 0 Å². The van der Waals surface area contributed by atoms with E-state index in [2.05, 4.69) is 15.3 Å². The van der Waals surface area contributed by atoms with E-state index in [0.717, 1.165) is 11.1 Å². The quantitative estimate of drug-likeness (QED) is 0.798. The molecule has 0 saturated carbocycles. The van der Waals surface area contributed by atoms with Gasteiger partial charge in [-0.3, -0.25) is 0 Å². The summed E-state index contributed by atoms with van der Waals surface area (Å²) in [5.41, 5.74) is 1.53. The van der Waals surface area contributed by atoms with Gasteiger partial charge in [0.05, 0.1) is 16.1 Å². The number of anilines is 1. The first kappa shape index (κ1) is 15.5. The van der Waals surface area contributed by atoms with Crippen molar-refractivity contribution in [2.24, 2.45) is 0 Å². The summed E-state index contributed by atoms with van der Waals surface area (Å²) in [6.45, 7) is 5.88. The van der Waals surface area contributed by atoms with Crippen LogP contribution in [-0.4, -0.2) is 20.6 Å². The van der Waals surface area contributed by atoms with Crippen LogP contribution in [0.25, 0.3) is 16.7 Å². The highest BCUT2D eigenvalue weighted by Crippen LogP contribution is 2.25. The third-order valence-electron chi connectivity index (χ3n) is 3.40. The van der Waals surface area contributed by atoms with Gasteiger partial charge in [-0.05, 0) is 45.0 Å². The SMILES string of the molecule is Cc1ccc2c(NC(C)C)nc(=O)n(-c3ccccc3Cl)c2n1. The van der Waals surface area contributed by atoms with Gasteiger partial charge >= 0.3 is 5.69 Å². The van der Waals surface area contributed by atoms with Crippen LogP contribution >= 0.6 is 11.6 Å². The molecule has 0 unspecified atom stereocenters. The second kappa shape index (κ2) is 6.01. The van der Waals surface area contributed by atoms with Gasteiger partial charge in [0.15, 0.2) is 5.65 Å². The number of nitrogens with zero attached hydrogens (tertiary/aromatic N) is 3. The van der Waals surface area contributed by atoms with Crippen LogP contribution in [0.1, 0.15) is 19.5 Å². The van der Waals surface area contributed by atoms with Gasteiger partial charge in [0.25, 0.3) is 0 Å². The van der Waals surface area contributed by atoms with E-state index in [0.29, 0.717) is 22.2 Å². The van der Waals surface area contributed by atoms with Crippen molar-refractivity contribution in [3.63, 3.8) is 0 Å². The predicted molar refractivity (Wildman–Crippen MR) is 93.6 cm³/mol. The van der Waals surface area contributed by atoms with Crippen LogP contribution in [0.15, 0.2) is 41.2 Å². The number of fused-ring (bicyclic) bond motifs is 1. The fraction of sp³-hybridized carbons (Fsp3) is 0.235. The van der Waals surface area contributed by atoms with Crippen LogP contribution in [0.4, 0.5) is 5.82 Å². The van der Waals surface area contributed by atoms with E-state index in [-0.39, 0.29) is 6.04 Å². The zero-order valence-corrected chi connectivity index (χ0v) is 13.9. The molecule has 2 aromatic heterocycles. The normalized spacial score (nSPS) is 11.2. The predicted octanol–water partition coefficient (Wildman–Crippen LogP) is 3.56. The van der Waals surface area contributed by atoms with Crippen molar-refractivity contribution in [2.75, 3.05) is 5.32 Å². The van der Waals surface area contributed by atoms with E-state index in [4.69, 9.17) is 11.6 Å². The van der Waals surface area contributed by atoms with E-state index < -0.39 is 5.69 Å². The molecule has 0 aliphatic carbocycles. The minimum atomic E-state index is -0.410. The number of rotatable bonds is 3. The standard InChI is InChI=1S/C17H17ClN4O/c1-10(2)19-15-12-9-8-11(3)20-16(12)22(17(23)21-15)14-7-5-4-6-13(14)18/h4-10H,1-3H3,(H,19,21,23). The Kier molecular flexibility index (Phi) is 4.05. The molecule has 0 bridgehead atoms. The molecule has 0 spiro atoms. The van der Waals surface area contributed by atoms with Crippen LogP contribution < -0.4 is 11.0 Å². The lowest BCUT2D eigenvalue weighted by Crippen LogP contribution is -2.25. The molecule has 0 atom stereocenters. The molecule has 0 aliphatic heterocycles. The first-order valence-corrected chi connectivity index (χ1v) is 7.77. The highest BCUT2D eigenvalue weighted by Gasteiger charge is 2.15.